The molecule has 4 N–H and O–H groups in total. The van der Waals surface area contributed by atoms with Crippen molar-refractivity contribution < 1.29 is 9.90 Å². The van der Waals surface area contributed by atoms with E-state index in [0.29, 0.717) is 11.4 Å². The zero-order valence-corrected chi connectivity index (χ0v) is 12.3. The number of hydrogen-bond acceptors (Lipinski definition) is 4. The summed E-state index contributed by atoms with van der Waals surface area (Å²) >= 11 is 1.63. The van der Waals surface area contributed by atoms with Gasteiger partial charge in [0.1, 0.15) is 5.75 Å². The number of anilines is 1. The molecule has 110 valence electrons. The number of hydrogen-bond donors (Lipinski definition) is 3. The third kappa shape index (κ3) is 5.13. The molecule has 0 spiro atoms. The van der Waals surface area contributed by atoms with Crippen LogP contribution in [0.4, 0.5) is 5.69 Å². The minimum atomic E-state index is -0.562. The van der Waals surface area contributed by atoms with Crippen LogP contribution in [0.3, 0.4) is 0 Å². The highest BCUT2D eigenvalue weighted by Crippen LogP contribution is 2.15. The lowest BCUT2D eigenvalue weighted by Gasteiger charge is -2.12. The molecule has 21 heavy (non-hydrogen) atoms. The molecule has 5 heteroatoms. The summed E-state index contributed by atoms with van der Waals surface area (Å²) in [4.78, 5) is 11.9. The summed E-state index contributed by atoms with van der Waals surface area (Å²) in [6.45, 7) is 0. The van der Waals surface area contributed by atoms with Crippen molar-refractivity contribution in [1.29, 1.82) is 0 Å². The normalized spacial score (nSPS) is 11.9. The molecule has 0 saturated carbocycles. The van der Waals surface area contributed by atoms with Crippen LogP contribution in [0.5, 0.6) is 5.75 Å². The fraction of sp³-hybridized carbons (Fsp3) is 0.188. The van der Waals surface area contributed by atoms with Crippen LogP contribution in [-0.4, -0.2) is 22.8 Å². The Labute approximate surface area is 128 Å². The average molecular weight is 302 g/mol. The molecule has 0 heterocycles. The molecule has 1 amide bonds. The lowest BCUT2D eigenvalue weighted by atomic mass is 10.2. The molecule has 0 bridgehead atoms. The van der Waals surface area contributed by atoms with Gasteiger partial charge in [0, 0.05) is 17.2 Å². The van der Waals surface area contributed by atoms with Gasteiger partial charge >= 0.3 is 0 Å². The Bertz CT molecular complexity index is 573. The summed E-state index contributed by atoms with van der Waals surface area (Å²) in [5.74, 6) is 1.33. The third-order valence-electron chi connectivity index (χ3n) is 2.88. The first-order chi connectivity index (χ1) is 10.1. The predicted molar refractivity (Wildman–Crippen MR) is 87.3 cm³/mol. The van der Waals surface area contributed by atoms with Gasteiger partial charge in [-0.3, -0.25) is 4.79 Å². The van der Waals surface area contributed by atoms with Crippen molar-refractivity contribution in [3.8, 4) is 5.75 Å². The Morgan fingerprint density at radius 3 is 2.48 bits per heavy atom. The summed E-state index contributed by atoms with van der Waals surface area (Å²) in [6.07, 6.45) is 0. The molecule has 2 rings (SSSR count). The minimum absolute atomic E-state index is 0.163. The number of phenols is 1. The number of phenolic OH excluding ortho intramolecular Hbond substituents is 1. The van der Waals surface area contributed by atoms with E-state index in [2.05, 4.69) is 17.4 Å². The number of rotatable bonds is 6. The molecule has 0 unspecified atom stereocenters. The van der Waals surface area contributed by atoms with E-state index in [-0.39, 0.29) is 11.7 Å². The number of nitrogens with two attached hydrogens (primary N) is 1. The maximum atomic E-state index is 11.9. The van der Waals surface area contributed by atoms with Crippen molar-refractivity contribution in [3.05, 3.63) is 60.2 Å². The van der Waals surface area contributed by atoms with E-state index in [9.17, 15) is 9.90 Å². The fourth-order valence-electron chi connectivity index (χ4n) is 1.73. The lowest BCUT2D eigenvalue weighted by Crippen LogP contribution is -2.37. The molecule has 0 aliphatic heterocycles. The van der Waals surface area contributed by atoms with Gasteiger partial charge in [0.15, 0.2) is 0 Å². The molecule has 0 aromatic heterocycles. The number of amides is 1. The number of benzene rings is 2. The van der Waals surface area contributed by atoms with Crippen LogP contribution in [0.1, 0.15) is 5.56 Å². The molecular weight excluding hydrogens is 284 g/mol. The first-order valence-electron chi connectivity index (χ1n) is 6.62. The minimum Gasteiger partial charge on any atom is -0.508 e. The molecule has 2 aromatic rings. The molecule has 2 aromatic carbocycles. The average Bonchev–Trinajstić information content (AvgIpc) is 2.50. The first kappa shape index (κ1) is 15.4. The van der Waals surface area contributed by atoms with Crippen LogP contribution < -0.4 is 11.1 Å². The van der Waals surface area contributed by atoms with Gasteiger partial charge in [-0.25, -0.2) is 0 Å². The van der Waals surface area contributed by atoms with Crippen LogP contribution >= 0.6 is 11.8 Å². The molecule has 0 aliphatic rings. The second kappa shape index (κ2) is 7.71. The molecule has 0 saturated heterocycles. The van der Waals surface area contributed by atoms with Gasteiger partial charge in [0.25, 0.3) is 0 Å². The third-order valence-corrected chi connectivity index (χ3v) is 4.01. The second-order valence-electron chi connectivity index (χ2n) is 4.64. The standard InChI is InChI=1S/C16H18N2O2S/c17-15(11-21-10-12-4-2-1-3-5-12)16(20)18-13-6-8-14(19)9-7-13/h1-9,15,19H,10-11,17H2,(H,18,20)/t15-/m0/s1. The summed E-state index contributed by atoms with van der Waals surface area (Å²) < 4.78 is 0. The number of carbonyl (C=O) groups excluding carboxylic acids is 1. The van der Waals surface area contributed by atoms with E-state index in [1.165, 1.54) is 17.7 Å². The number of thioether (sulfide) groups is 1. The van der Waals surface area contributed by atoms with Crippen LogP contribution in [0.2, 0.25) is 0 Å². The Hall–Kier alpha value is -1.98. The number of aromatic hydroxyl groups is 1. The van der Waals surface area contributed by atoms with E-state index in [1.807, 2.05) is 18.2 Å². The van der Waals surface area contributed by atoms with Gasteiger partial charge in [0.05, 0.1) is 6.04 Å². The number of carbonyl (C=O) groups is 1. The highest BCUT2D eigenvalue weighted by atomic mass is 32.2. The summed E-state index contributed by atoms with van der Waals surface area (Å²) in [6, 6.07) is 15.8. The van der Waals surface area contributed by atoms with Gasteiger partial charge in [-0.2, -0.15) is 11.8 Å². The van der Waals surface area contributed by atoms with E-state index >= 15 is 0 Å². The topological polar surface area (TPSA) is 75.4 Å². The smallest absolute Gasteiger partial charge is 0.242 e. The van der Waals surface area contributed by atoms with Gasteiger partial charge in [-0.15, -0.1) is 0 Å². The Morgan fingerprint density at radius 2 is 1.81 bits per heavy atom. The quantitative estimate of drug-likeness (QED) is 0.717. The zero-order chi connectivity index (χ0) is 15.1. The van der Waals surface area contributed by atoms with Gasteiger partial charge in [0.2, 0.25) is 5.91 Å². The number of nitrogens with one attached hydrogen (secondary N) is 1. The van der Waals surface area contributed by atoms with E-state index in [0.717, 1.165) is 5.75 Å². The van der Waals surface area contributed by atoms with Crippen molar-refractivity contribution in [2.75, 3.05) is 11.1 Å². The summed E-state index contributed by atoms with van der Waals surface area (Å²) in [7, 11) is 0. The Kier molecular flexibility index (Phi) is 5.66. The highest BCUT2D eigenvalue weighted by Gasteiger charge is 2.13. The molecule has 0 aliphatic carbocycles. The molecular formula is C16H18N2O2S. The second-order valence-corrected chi connectivity index (χ2v) is 5.67. The molecule has 4 nitrogen and oxygen atoms in total. The monoisotopic (exact) mass is 302 g/mol. The predicted octanol–water partition coefficient (Wildman–Crippen LogP) is 2.59. The lowest BCUT2D eigenvalue weighted by molar-refractivity contribution is -0.116. The van der Waals surface area contributed by atoms with Crippen molar-refractivity contribution in [2.45, 2.75) is 11.8 Å². The van der Waals surface area contributed by atoms with Crippen LogP contribution in [0, 0.1) is 0 Å². The van der Waals surface area contributed by atoms with E-state index in [4.69, 9.17) is 5.73 Å². The Balaban J connectivity index is 1.76. The maximum absolute atomic E-state index is 11.9. The van der Waals surface area contributed by atoms with E-state index < -0.39 is 6.04 Å². The first-order valence-corrected chi connectivity index (χ1v) is 7.78. The molecule has 0 fully saturated rings. The molecule has 1 atom stereocenters. The van der Waals surface area contributed by atoms with Gasteiger partial charge < -0.3 is 16.2 Å². The van der Waals surface area contributed by atoms with Crippen LogP contribution in [0.25, 0.3) is 0 Å². The SMILES string of the molecule is N[C@@H](CSCc1ccccc1)C(=O)Nc1ccc(O)cc1. The van der Waals surface area contributed by atoms with Crippen molar-refractivity contribution in [3.63, 3.8) is 0 Å². The fourth-order valence-corrected chi connectivity index (χ4v) is 2.68. The highest BCUT2D eigenvalue weighted by molar-refractivity contribution is 7.98. The Morgan fingerprint density at radius 1 is 1.14 bits per heavy atom. The largest absolute Gasteiger partial charge is 0.508 e. The summed E-state index contributed by atoms with van der Waals surface area (Å²) in [5, 5.41) is 11.9. The maximum Gasteiger partial charge on any atom is 0.242 e. The van der Waals surface area contributed by atoms with Crippen molar-refractivity contribution >= 4 is 23.4 Å². The van der Waals surface area contributed by atoms with Crippen LogP contribution in [-0.2, 0) is 10.5 Å². The van der Waals surface area contributed by atoms with Gasteiger partial charge in [-0.1, -0.05) is 30.3 Å². The van der Waals surface area contributed by atoms with E-state index in [1.54, 1.807) is 23.9 Å². The van der Waals surface area contributed by atoms with Crippen molar-refractivity contribution in [2.24, 2.45) is 5.73 Å². The zero-order valence-electron chi connectivity index (χ0n) is 11.5. The van der Waals surface area contributed by atoms with Crippen molar-refractivity contribution in [1.82, 2.24) is 0 Å². The van der Waals surface area contributed by atoms with Gasteiger partial charge in [-0.05, 0) is 29.8 Å². The van der Waals surface area contributed by atoms with Crippen LogP contribution in [0.15, 0.2) is 54.6 Å². The summed E-state index contributed by atoms with van der Waals surface area (Å²) in [5.41, 5.74) is 7.72. The molecule has 0 radical (unpaired) electrons.